The molecule has 0 bridgehead atoms. The molecule has 5 nitrogen and oxygen atoms in total. The minimum absolute atomic E-state index is 0.141. The minimum Gasteiger partial charge on any atom is -0.378 e. The molecule has 1 amide bonds. The van der Waals surface area contributed by atoms with Crippen LogP contribution >= 0.6 is 0 Å². The third-order valence-corrected chi connectivity index (χ3v) is 4.00. The predicted octanol–water partition coefficient (Wildman–Crippen LogP) is 1.22. The monoisotopic (exact) mass is 284 g/mol. The number of carbonyl (C=O) groups is 1. The first-order valence-corrected chi connectivity index (χ1v) is 8.05. The van der Waals surface area contributed by atoms with Gasteiger partial charge in [-0.15, -0.1) is 0 Å². The smallest absolute Gasteiger partial charge is 0.220 e. The van der Waals surface area contributed by atoms with Crippen molar-refractivity contribution in [2.24, 2.45) is 0 Å². The first-order valence-electron chi connectivity index (χ1n) is 8.05. The summed E-state index contributed by atoms with van der Waals surface area (Å²) in [5.41, 5.74) is 0. The number of hydrogen-bond acceptors (Lipinski definition) is 4. The van der Waals surface area contributed by atoms with Crippen molar-refractivity contribution in [1.29, 1.82) is 0 Å². The van der Waals surface area contributed by atoms with Crippen molar-refractivity contribution in [3.8, 4) is 0 Å². The zero-order valence-corrected chi connectivity index (χ0v) is 12.4. The van der Waals surface area contributed by atoms with E-state index < -0.39 is 0 Å². The maximum absolute atomic E-state index is 11.6. The largest absolute Gasteiger partial charge is 0.378 e. The molecule has 5 heteroatoms. The van der Waals surface area contributed by atoms with Gasteiger partial charge in [-0.1, -0.05) is 0 Å². The molecule has 0 saturated carbocycles. The van der Waals surface area contributed by atoms with Crippen LogP contribution in [0.2, 0.25) is 0 Å². The molecule has 20 heavy (non-hydrogen) atoms. The normalized spacial score (nSPS) is 23.9. The summed E-state index contributed by atoms with van der Waals surface area (Å²) in [4.78, 5) is 11.6. The van der Waals surface area contributed by atoms with Crippen LogP contribution in [0.15, 0.2) is 0 Å². The average Bonchev–Trinajstić information content (AvgIpc) is 2.99. The van der Waals surface area contributed by atoms with Gasteiger partial charge in [0.1, 0.15) is 0 Å². The van der Waals surface area contributed by atoms with Gasteiger partial charge in [0.2, 0.25) is 5.91 Å². The van der Waals surface area contributed by atoms with Crippen molar-refractivity contribution in [2.75, 3.05) is 32.8 Å². The molecule has 2 saturated heterocycles. The van der Waals surface area contributed by atoms with Gasteiger partial charge in [-0.2, -0.15) is 0 Å². The lowest BCUT2D eigenvalue weighted by Crippen LogP contribution is -2.33. The minimum atomic E-state index is 0.141. The summed E-state index contributed by atoms with van der Waals surface area (Å²) in [6.07, 6.45) is 7.52. The molecule has 0 aromatic rings. The Bertz CT molecular complexity index is 274. The summed E-state index contributed by atoms with van der Waals surface area (Å²) >= 11 is 0. The number of piperidine rings is 1. The molecule has 1 unspecified atom stereocenters. The van der Waals surface area contributed by atoms with Gasteiger partial charge in [-0.05, 0) is 51.6 Å². The lowest BCUT2D eigenvalue weighted by Gasteiger charge is -2.22. The van der Waals surface area contributed by atoms with Gasteiger partial charge in [0, 0.05) is 26.2 Å². The maximum Gasteiger partial charge on any atom is 0.220 e. The third-order valence-electron chi connectivity index (χ3n) is 4.00. The molecule has 2 aliphatic rings. The summed E-state index contributed by atoms with van der Waals surface area (Å²) in [6.45, 7) is 4.45. The molecule has 1 atom stereocenters. The Morgan fingerprint density at radius 3 is 2.90 bits per heavy atom. The predicted molar refractivity (Wildman–Crippen MR) is 77.7 cm³/mol. The lowest BCUT2D eigenvalue weighted by atomic mass is 10.1. The van der Waals surface area contributed by atoms with Gasteiger partial charge in [0.15, 0.2) is 0 Å². The molecular weight excluding hydrogens is 256 g/mol. The zero-order valence-electron chi connectivity index (χ0n) is 12.4. The molecule has 2 rings (SSSR count). The Morgan fingerprint density at radius 1 is 1.30 bits per heavy atom. The van der Waals surface area contributed by atoms with Crippen LogP contribution in [-0.2, 0) is 14.3 Å². The highest BCUT2D eigenvalue weighted by molar-refractivity contribution is 5.75. The second-order valence-corrected chi connectivity index (χ2v) is 5.70. The molecule has 0 aliphatic carbocycles. The van der Waals surface area contributed by atoms with Crippen LogP contribution < -0.4 is 10.6 Å². The fourth-order valence-electron chi connectivity index (χ4n) is 2.76. The van der Waals surface area contributed by atoms with Gasteiger partial charge in [-0.25, -0.2) is 0 Å². The first kappa shape index (κ1) is 15.7. The van der Waals surface area contributed by atoms with Gasteiger partial charge in [-0.3, -0.25) is 4.79 Å². The van der Waals surface area contributed by atoms with Crippen LogP contribution in [-0.4, -0.2) is 51.0 Å². The highest BCUT2D eigenvalue weighted by atomic mass is 16.5. The van der Waals surface area contributed by atoms with E-state index in [0.717, 1.165) is 71.4 Å². The van der Waals surface area contributed by atoms with Gasteiger partial charge in [0.25, 0.3) is 0 Å². The zero-order chi connectivity index (χ0) is 14.0. The molecule has 0 aromatic carbocycles. The number of ether oxygens (including phenoxy) is 2. The summed E-state index contributed by atoms with van der Waals surface area (Å²) in [5.74, 6) is 0.141. The van der Waals surface area contributed by atoms with E-state index in [2.05, 4.69) is 10.6 Å². The number of rotatable bonds is 8. The molecule has 116 valence electrons. The Kier molecular flexibility index (Phi) is 7.33. The van der Waals surface area contributed by atoms with E-state index in [1.54, 1.807) is 0 Å². The lowest BCUT2D eigenvalue weighted by molar-refractivity contribution is -0.121. The molecule has 0 radical (unpaired) electrons. The molecule has 0 spiro atoms. The molecule has 0 aromatic heterocycles. The van der Waals surface area contributed by atoms with Crippen molar-refractivity contribution in [1.82, 2.24) is 10.6 Å². The van der Waals surface area contributed by atoms with Crippen molar-refractivity contribution in [2.45, 2.75) is 57.2 Å². The fraction of sp³-hybridized carbons (Fsp3) is 0.933. The number of nitrogens with one attached hydrogen (secondary N) is 2. The van der Waals surface area contributed by atoms with Crippen molar-refractivity contribution in [3.63, 3.8) is 0 Å². The van der Waals surface area contributed by atoms with E-state index in [-0.39, 0.29) is 5.91 Å². The molecular formula is C15H28N2O3. The second-order valence-electron chi connectivity index (χ2n) is 5.70. The summed E-state index contributed by atoms with van der Waals surface area (Å²) in [7, 11) is 0. The van der Waals surface area contributed by atoms with Crippen LogP contribution in [0.5, 0.6) is 0 Å². The first-order chi connectivity index (χ1) is 9.84. The third kappa shape index (κ3) is 6.20. The summed E-state index contributed by atoms with van der Waals surface area (Å²) < 4.78 is 11.3. The van der Waals surface area contributed by atoms with Crippen LogP contribution in [0, 0.1) is 0 Å². The van der Waals surface area contributed by atoms with Crippen LogP contribution in [0.25, 0.3) is 0 Å². The molecule has 2 fully saturated rings. The van der Waals surface area contributed by atoms with E-state index in [0.29, 0.717) is 18.6 Å². The number of hydrogen-bond donors (Lipinski definition) is 2. The van der Waals surface area contributed by atoms with Gasteiger partial charge < -0.3 is 20.1 Å². The van der Waals surface area contributed by atoms with E-state index in [1.807, 2.05) is 0 Å². The summed E-state index contributed by atoms with van der Waals surface area (Å²) in [6, 6.07) is 0. The highest BCUT2D eigenvalue weighted by Gasteiger charge is 2.16. The van der Waals surface area contributed by atoms with Crippen molar-refractivity contribution < 1.29 is 14.3 Å². The average molecular weight is 284 g/mol. The van der Waals surface area contributed by atoms with E-state index in [1.165, 1.54) is 0 Å². The quantitative estimate of drug-likeness (QED) is 0.658. The highest BCUT2D eigenvalue weighted by Crippen LogP contribution is 2.16. The van der Waals surface area contributed by atoms with Crippen molar-refractivity contribution in [3.05, 3.63) is 0 Å². The Morgan fingerprint density at radius 2 is 2.15 bits per heavy atom. The second kappa shape index (κ2) is 9.32. The van der Waals surface area contributed by atoms with Crippen LogP contribution in [0.1, 0.15) is 44.9 Å². The molecule has 2 heterocycles. The van der Waals surface area contributed by atoms with Gasteiger partial charge in [0.05, 0.1) is 12.2 Å². The standard InChI is InChI=1S/C15H28N2O3/c18-15(5-4-13-3-1-11-19-13)17-8-2-12-20-14-6-9-16-10-7-14/h13-14,16H,1-12H2,(H,17,18). The Hall–Kier alpha value is -0.650. The Labute approximate surface area is 121 Å². The van der Waals surface area contributed by atoms with E-state index in [9.17, 15) is 4.79 Å². The van der Waals surface area contributed by atoms with Gasteiger partial charge >= 0.3 is 0 Å². The Balaban J connectivity index is 1.40. The number of amides is 1. The van der Waals surface area contributed by atoms with Crippen molar-refractivity contribution >= 4 is 5.91 Å². The van der Waals surface area contributed by atoms with Crippen LogP contribution in [0.4, 0.5) is 0 Å². The molecule has 2 N–H and O–H groups in total. The topological polar surface area (TPSA) is 59.6 Å². The van der Waals surface area contributed by atoms with E-state index >= 15 is 0 Å². The maximum atomic E-state index is 11.6. The number of carbonyl (C=O) groups excluding carboxylic acids is 1. The van der Waals surface area contributed by atoms with Crippen LogP contribution in [0.3, 0.4) is 0 Å². The summed E-state index contributed by atoms with van der Waals surface area (Å²) in [5, 5.41) is 6.28. The molecule has 2 aliphatic heterocycles. The fourth-order valence-corrected chi connectivity index (χ4v) is 2.76. The van der Waals surface area contributed by atoms with E-state index in [4.69, 9.17) is 9.47 Å². The SMILES string of the molecule is O=C(CCC1CCCO1)NCCCOC1CCNCC1.